The molecule has 1 fully saturated rings. The fourth-order valence-corrected chi connectivity index (χ4v) is 2.58. The Bertz CT molecular complexity index is 535. The summed E-state index contributed by atoms with van der Waals surface area (Å²) in [5.74, 6) is -2.36. The van der Waals surface area contributed by atoms with Gasteiger partial charge in [-0.3, -0.25) is 4.79 Å². The molecule has 1 unspecified atom stereocenters. The Morgan fingerprint density at radius 3 is 2.70 bits per heavy atom. The minimum absolute atomic E-state index is 0.137. The standard InChI is InChI=1S/C14H15ClFNO3/c15-9-5-6-10(11(16)8-9)13(18)17-7-3-1-2-4-12(17)14(19)20/h5-6,8,12H,1-4,7H2,(H,19,20). The van der Waals surface area contributed by atoms with Gasteiger partial charge in [0.2, 0.25) is 0 Å². The molecular weight excluding hydrogens is 285 g/mol. The summed E-state index contributed by atoms with van der Waals surface area (Å²) in [4.78, 5) is 24.9. The third kappa shape index (κ3) is 3.10. The van der Waals surface area contributed by atoms with Gasteiger partial charge in [-0.15, -0.1) is 0 Å². The molecule has 1 saturated heterocycles. The number of hydrogen-bond donors (Lipinski definition) is 1. The van der Waals surface area contributed by atoms with E-state index in [1.807, 2.05) is 0 Å². The number of likely N-dealkylation sites (tertiary alicyclic amines) is 1. The van der Waals surface area contributed by atoms with Gasteiger partial charge in [-0.1, -0.05) is 24.4 Å². The van der Waals surface area contributed by atoms with Crippen LogP contribution in [-0.4, -0.2) is 34.5 Å². The lowest BCUT2D eigenvalue weighted by Crippen LogP contribution is -2.44. The van der Waals surface area contributed by atoms with Crippen LogP contribution in [0.1, 0.15) is 36.0 Å². The predicted molar refractivity (Wildman–Crippen MR) is 72.3 cm³/mol. The number of carboxylic acid groups (broad SMARTS) is 1. The number of amides is 1. The van der Waals surface area contributed by atoms with Gasteiger partial charge >= 0.3 is 5.97 Å². The van der Waals surface area contributed by atoms with Crippen molar-refractivity contribution in [2.45, 2.75) is 31.7 Å². The summed E-state index contributed by atoms with van der Waals surface area (Å²) < 4.78 is 13.8. The molecule has 1 aromatic carbocycles. The van der Waals surface area contributed by atoms with E-state index in [2.05, 4.69) is 0 Å². The molecule has 0 bridgehead atoms. The molecule has 4 nitrogen and oxygen atoms in total. The van der Waals surface area contributed by atoms with Crippen LogP contribution in [0.25, 0.3) is 0 Å². The van der Waals surface area contributed by atoms with E-state index in [0.29, 0.717) is 13.0 Å². The molecule has 108 valence electrons. The summed E-state index contributed by atoms with van der Waals surface area (Å²) in [6.07, 6.45) is 2.75. The summed E-state index contributed by atoms with van der Waals surface area (Å²) in [5, 5.41) is 9.43. The van der Waals surface area contributed by atoms with E-state index in [0.717, 1.165) is 25.3 Å². The Kier molecular flexibility index (Phi) is 4.60. The van der Waals surface area contributed by atoms with Gasteiger partial charge in [0.05, 0.1) is 5.56 Å². The van der Waals surface area contributed by atoms with Gasteiger partial charge in [0.1, 0.15) is 11.9 Å². The smallest absolute Gasteiger partial charge is 0.326 e. The van der Waals surface area contributed by atoms with Crippen molar-refractivity contribution in [3.05, 3.63) is 34.6 Å². The van der Waals surface area contributed by atoms with Gasteiger partial charge < -0.3 is 10.0 Å². The van der Waals surface area contributed by atoms with Gasteiger partial charge in [0.15, 0.2) is 0 Å². The average Bonchev–Trinajstić information content (AvgIpc) is 2.63. The van der Waals surface area contributed by atoms with E-state index in [9.17, 15) is 19.1 Å². The molecule has 0 spiro atoms. The second-order valence-electron chi connectivity index (χ2n) is 4.83. The summed E-state index contributed by atoms with van der Waals surface area (Å²) in [5.41, 5.74) is -0.137. The summed E-state index contributed by atoms with van der Waals surface area (Å²) in [6, 6.07) is 2.89. The lowest BCUT2D eigenvalue weighted by Gasteiger charge is -2.27. The normalized spacial score (nSPS) is 19.5. The lowest BCUT2D eigenvalue weighted by atomic mass is 10.1. The molecular formula is C14H15ClFNO3. The molecule has 1 aliphatic rings. The van der Waals surface area contributed by atoms with Gasteiger partial charge in [-0.2, -0.15) is 0 Å². The first-order valence-electron chi connectivity index (χ1n) is 6.49. The highest BCUT2D eigenvalue weighted by atomic mass is 35.5. The van der Waals surface area contributed by atoms with E-state index in [4.69, 9.17) is 11.6 Å². The quantitative estimate of drug-likeness (QED) is 0.913. The van der Waals surface area contributed by atoms with Gasteiger partial charge in [0, 0.05) is 11.6 Å². The van der Waals surface area contributed by atoms with E-state index in [1.54, 1.807) is 0 Å². The number of carbonyl (C=O) groups excluding carboxylic acids is 1. The van der Waals surface area contributed by atoms with Crippen LogP contribution in [0.3, 0.4) is 0 Å². The number of benzene rings is 1. The van der Waals surface area contributed by atoms with Crippen LogP contribution in [-0.2, 0) is 4.79 Å². The highest BCUT2D eigenvalue weighted by Gasteiger charge is 2.32. The van der Waals surface area contributed by atoms with Crippen molar-refractivity contribution < 1.29 is 19.1 Å². The molecule has 0 radical (unpaired) electrons. The van der Waals surface area contributed by atoms with Crippen molar-refractivity contribution in [3.63, 3.8) is 0 Å². The second-order valence-corrected chi connectivity index (χ2v) is 5.26. The molecule has 1 N–H and O–H groups in total. The highest BCUT2D eigenvalue weighted by molar-refractivity contribution is 6.30. The van der Waals surface area contributed by atoms with Crippen LogP contribution in [0, 0.1) is 5.82 Å². The topological polar surface area (TPSA) is 57.6 Å². The number of aliphatic carboxylic acids is 1. The zero-order valence-corrected chi connectivity index (χ0v) is 11.6. The van der Waals surface area contributed by atoms with Crippen LogP contribution < -0.4 is 0 Å². The first-order valence-corrected chi connectivity index (χ1v) is 6.87. The van der Waals surface area contributed by atoms with Crippen molar-refractivity contribution in [1.82, 2.24) is 4.90 Å². The zero-order valence-electron chi connectivity index (χ0n) is 10.8. The molecule has 1 aliphatic heterocycles. The summed E-state index contributed by atoms with van der Waals surface area (Å²) in [7, 11) is 0. The fourth-order valence-electron chi connectivity index (χ4n) is 2.43. The molecule has 2 rings (SSSR count). The maximum atomic E-state index is 13.8. The molecule has 1 amide bonds. The summed E-state index contributed by atoms with van der Waals surface area (Å²) >= 11 is 5.65. The molecule has 0 saturated carbocycles. The fraction of sp³-hybridized carbons (Fsp3) is 0.429. The van der Waals surface area contributed by atoms with Crippen LogP contribution in [0.5, 0.6) is 0 Å². The first kappa shape index (κ1) is 14.8. The number of hydrogen-bond acceptors (Lipinski definition) is 2. The maximum Gasteiger partial charge on any atom is 0.326 e. The van der Waals surface area contributed by atoms with Crippen molar-refractivity contribution in [2.75, 3.05) is 6.54 Å². The third-order valence-corrected chi connectivity index (χ3v) is 3.70. The number of nitrogens with zero attached hydrogens (tertiary/aromatic N) is 1. The number of carbonyl (C=O) groups is 2. The molecule has 20 heavy (non-hydrogen) atoms. The van der Waals surface area contributed by atoms with Gasteiger partial charge in [-0.25, -0.2) is 9.18 Å². The van der Waals surface area contributed by atoms with Crippen molar-refractivity contribution in [3.8, 4) is 0 Å². The molecule has 1 heterocycles. The molecule has 0 aromatic heterocycles. The Balaban J connectivity index is 2.31. The third-order valence-electron chi connectivity index (χ3n) is 3.46. The molecule has 6 heteroatoms. The van der Waals surface area contributed by atoms with Crippen LogP contribution in [0.15, 0.2) is 18.2 Å². The minimum atomic E-state index is -1.05. The van der Waals surface area contributed by atoms with Gasteiger partial charge in [0.25, 0.3) is 5.91 Å². The molecule has 1 atom stereocenters. The monoisotopic (exact) mass is 299 g/mol. The van der Waals surface area contributed by atoms with E-state index in [-0.39, 0.29) is 10.6 Å². The molecule has 0 aliphatic carbocycles. The van der Waals surface area contributed by atoms with E-state index >= 15 is 0 Å². The Hall–Kier alpha value is -1.62. The van der Waals surface area contributed by atoms with Crippen LogP contribution in [0.4, 0.5) is 4.39 Å². The highest BCUT2D eigenvalue weighted by Crippen LogP contribution is 2.22. The number of carboxylic acids is 1. The maximum absolute atomic E-state index is 13.8. The van der Waals surface area contributed by atoms with Crippen LogP contribution in [0.2, 0.25) is 5.02 Å². The summed E-state index contributed by atoms with van der Waals surface area (Å²) in [6.45, 7) is 0.331. The Morgan fingerprint density at radius 2 is 2.05 bits per heavy atom. The second kappa shape index (κ2) is 6.22. The van der Waals surface area contributed by atoms with Gasteiger partial charge in [-0.05, 0) is 31.0 Å². The van der Waals surface area contributed by atoms with E-state index in [1.165, 1.54) is 17.0 Å². The SMILES string of the molecule is O=C(O)C1CCCCCN1C(=O)c1ccc(Cl)cc1F. The Morgan fingerprint density at radius 1 is 1.30 bits per heavy atom. The number of rotatable bonds is 2. The first-order chi connectivity index (χ1) is 9.50. The Labute approximate surface area is 121 Å². The van der Waals surface area contributed by atoms with Crippen molar-refractivity contribution in [1.29, 1.82) is 0 Å². The van der Waals surface area contributed by atoms with Crippen LogP contribution >= 0.6 is 11.6 Å². The largest absolute Gasteiger partial charge is 0.480 e. The minimum Gasteiger partial charge on any atom is -0.480 e. The predicted octanol–water partition coefficient (Wildman–Crippen LogP) is 2.95. The molecule has 1 aromatic rings. The number of halogens is 2. The zero-order chi connectivity index (χ0) is 14.7. The lowest BCUT2D eigenvalue weighted by molar-refractivity contribution is -0.142. The van der Waals surface area contributed by atoms with E-state index < -0.39 is 23.7 Å². The average molecular weight is 300 g/mol. The van der Waals surface area contributed by atoms with Crippen molar-refractivity contribution in [2.24, 2.45) is 0 Å². The van der Waals surface area contributed by atoms with Crippen molar-refractivity contribution >= 4 is 23.5 Å².